The van der Waals surface area contributed by atoms with Gasteiger partial charge in [0.15, 0.2) is 0 Å². The van der Waals surface area contributed by atoms with Crippen molar-refractivity contribution in [2.24, 2.45) is 5.73 Å². The van der Waals surface area contributed by atoms with Crippen LogP contribution in [-0.4, -0.2) is 10.9 Å². The van der Waals surface area contributed by atoms with Crippen LogP contribution in [0.5, 0.6) is 0 Å². The molecule has 0 aliphatic heterocycles. The van der Waals surface area contributed by atoms with Crippen molar-refractivity contribution in [2.45, 2.75) is 9.10 Å². The van der Waals surface area contributed by atoms with Gasteiger partial charge in [0, 0.05) is 5.39 Å². The Labute approximate surface area is 110 Å². The zero-order valence-corrected chi connectivity index (χ0v) is 11.0. The van der Waals surface area contributed by atoms with E-state index in [9.17, 15) is 4.79 Å². The number of amides is 1. The number of aromatic nitrogens is 1. The van der Waals surface area contributed by atoms with Gasteiger partial charge in [0.25, 0.3) is 5.91 Å². The van der Waals surface area contributed by atoms with Crippen LogP contribution in [0.25, 0.3) is 10.2 Å². The van der Waals surface area contributed by atoms with Gasteiger partial charge < -0.3 is 10.7 Å². The molecule has 3 rings (SSSR count). The van der Waals surface area contributed by atoms with E-state index in [-0.39, 0.29) is 0 Å². The van der Waals surface area contributed by atoms with Gasteiger partial charge in [-0.25, -0.2) is 0 Å². The summed E-state index contributed by atoms with van der Waals surface area (Å²) in [6.07, 6.45) is 0. The molecule has 3 heterocycles. The molecule has 3 N–H and O–H groups in total. The van der Waals surface area contributed by atoms with Crippen molar-refractivity contribution in [1.29, 1.82) is 0 Å². The van der Waals surface area contributed by atoms with E-state index in [1.165, 1.54) is 0 Å². The second-order valence-corrected chi connectivity index (χ2v) is 6.57. The molecule has 0 saturated carbocycles. The Hall–Kier alpha value is -1.24. The van der Waals surface area contributed by atoms with Gasteiger partial charge in [-0.1, -0.05) is 17.8 Å². The molecule has 0 aromatic carbocycles. The van der Waals surface area contributed by atoms with Gasteiger partial charge in [0.1, 0.15) is 10.5 Å². The summed E-state index contributed by atoms with van der Waals surface area (Å²) in [5.74, 6) is -0.410. The molecule has 17 heavy (non-hydrogen) atoms. The minimum atomic E-state index is -0.410. The summed E-state index contributed by atoms with van der Waals surface area (Å²) in [4.78, 5) is 16.4. The maximum atomic E-state index is 11.4. The van der Waals surface area contributed by atoms with Crippen LogP contribution in [0.1, 0.15) is 10.5 Å². The van der Waals surface area contributed by atoms with E-state index in [1.807, 2.05) is 29.0 Å². The summed E-state index contributed by atoms with van der Waals surface area (Å²) in [5, 5.41) is 5.09. The Morgan fingerprint density at radius 3 is 2.88 bits per heavy atom. The molecule has 0 radical (unpaired) electrons. The maximum absolute atomic E-state index is 11.4. The lowest BCUT2D eigenvalue weighted by molar-refractivity contribution is 0.0993. The molecule has 3 aromatic rings. The zero-order valence-electron chi connectivity index (χ0n) is 8.60. The van der Waals surface area contributed by atoms with E-state index in [0.717, 1.165) is 19.3 Å². The molecule has 0 unspecified atom stereocenters. The van der Waals surface area contributed by atoms with Crippen LogP contribution in [0.4, 0.5) is 0 Å². The number of H-pyrrole nitrogens is 1. The van der Waals surface area contributed by atoms with E-state index in [1.54, 1.807) is 34.4 Å². The summed E-state index contributed by atoms with van der Waals surface area (Å²) in [5.41, 5.74) is 5.90. The van der Waals surface area contributed by atoms with E-state index in [0.29, 0.717) is 5.69 Å². The maximum Gasteiger partial charge on any atom is 0.266 e. The first kappa shape index (κ1) is 10.9. The highest BCUT2D eigenvalue weighted by Crippen LogP contribution is 2.39. The topological polar surface area (TPSA) is 58.9 Å². The summed E-state index contributed by atoms with van der Waals surface area (Å²) in [7, 11) is 0. The standard InChI is InChI=1S/C11H8N2OS3/c12-10(14)8-9(17-7-2-1-4-15-7)6-3-5-16-11(6)13-8/h1-5,13H,(H2,12,14). The molecule has 0 spiro atoms. The molecular weight excluding hydrogens is 272 g/mol. The molecule has 0 aliphatic rings. The van der Waals surface area contributed by atoms with Crippen molar-refractivity contribution in [2.75, 3.05) is 0 Å². The van der Waals surface area contributed by atoms with E-state index < -0.39 is 5.91 Å². The molecule has 0 fully saturated rings. The van der Waals surface area contributed by atoms with Crippen molar-refractivity contribution in [3.63, 3.8) is 0 Å². The van der Waals surface area contributed by atoms with Crippen LogP contribution in [0.15, 0.2) is 38.1 Å². The number of nitrogens with one attached hydrogen (secondary N) is 1. The largest absolute Gasteiger partial charge is 0.364 e. The highest BCUT2D eigenvalue weighted by Gasteiger charge is 2.17. The number of fused-ring (bicyclic) bond motifs is 1. The number of primary amides is 1. The first-order valence-electron chi connectivity index (χ1n) is 4.86. The third-order valence-corrected chi connectivity index (χ3v) is 5.32. The number of carbonyl (C=O) groups is 1. The van der Waals surface area contributed by atoms with Crippen LogP contribution in [-0.2, 0) is 0 Å². The molecule has 3 aromatic heterocycles. The molecule has 1 amide bonds. The van der Waals surface area contributed by atoms with Gasteiger partial charge in [0.2, 0.25) is 0 Å². The molecule has 0 bridgehead atoms. The fourth-order valence-electron chi connectivity index (χ4n) is 1.59. The predicted molar refractivity (Wildman–Crippen MR) is 73.1 cm³/mol. The predicted octanol–water partition coefficient (Wildman–Crippen LogP) is 3.54. The number of hydrogen-bond donors (Lipinski definition) is 2. The van der Waals surface area contributed by atoms with Crippen LogP contribution in [0, 0.1) is 0 Å². The lowest BCUT2D eigenvalue weighted by atomic mass is 10.3. The highest BCUT2D eigenvalue weighted by molar-refractivity contribution is 8.01. The van der Waals surface area contributed by atoms with Gasteiger partial charge >= 0.3 is 0 Å². The smallest absolute Gasteiger partial charge is 0.266 e. The monoisotopic (exact) mass is 280 g/mol. The number of thiophene rings is 2. The van der Waals surface area contributed by atoms with Gasteiger partial charge in [0.05, 0.1) is 9.10 Å². The molecule has 0 atom stereocenters. The normalized spacial score (nSPS) is 11.1. The SMILES string of the molecule is NC(=O)c1[nH]c2sccc2c1Sc1cccs1. The summed E-state index contributed by atoms with van der Waals surface area (Å²) in [6.45, 7) is 0. The van der Waals surface area contributed by atoms with Crippen molar-refractivity contribution >= 4 is 50.6 Å². The number of carbonyl (C=O) groups excluding carboxylic acids is 1. The quantitative estimate of drug-likeness (QED) is 0.771. The third kappa shape index (κ3) is 1.88. The second kappa shape index (κ2) is 4.21. The highest BCUT2D eigenvalue weighted by atomic mass is 32.2. The lowest BCUT2D eigenvalue weighted by Crippen LogP contribution is -2.12. The average molecular weight is 280 g/mol. The Bertz CT molecular complexity index is 666. The fourth-order valence-corrected chi connectivity index (χ4v) is 4.39. The van der Waals surface area contributed by atoms with Crippen LogP contribution in [0.2, 0.25) is 0 Å². The number of aromatic amines is 1. The van der Waals surface area contributed by atoms with Crippen molar-refractivity contribution < 1.29 is 4.79 Å². The van der Waals surface area contributed by atoms with Crippen LogP contribution < -0.4 is 5.73 Å². The summed E-state index contributed by atoms with van der Waals surface area (Å²) >= 11 is 4.82. The second-order valence-electron chi connectivity index (χ2n) is 3.39. The summed E-state index contributed by atoms with van der Waals surface area (Å²) < 4.78 is 1.15. The Morgan fingerprint density at radius 2 is 2.18 bits per heavy atom. The first-order chi connectivity index (χ1) is 8.25. The van der Waals surface area contributed by atoms with Gasteiger partial charge in [-0.2, -0.15) is 0 Å². The lowest BCUT2D eigenvalue weighted by Gasteiger charge is -1.98. The Kier molecular flexibility index (Phi) is 2.70. The number of nitrogens with two attached hydrogens (primary N) is 1. The third-order valence-electron chi connectivity index (χ3n) is 2.32. The molecule has 0 saturated heterocycles. The van der Waals surface area contributed by atoms with Crippen molar-refractivity contribution in [3.05, 3.63) is 34.7 Å². The average Bonchev–Trinajstić information content (AvgIpc) is 2.96. The van der Waals surface area contributed by atoms with Gasteiger partial charge in [-0.3, -0.25) is 4.79 Å². The zero-order chi connectivity index (χ0) is 11.8. The van der Waals surface area contributed by atoms with Gasteiger partial charge in [-0.05, 0) is 22.9 Å². The Morgan fingerprint density at radius 1 is 1.29 bits per heavy atom. The fraction of sp³-hybridized carbons (Fsp3) is 0. The van der Waals surface area contributed by atoms with Gasteiger partial charge in [-0.15, -0.1) is 22.7 Å². The van der Waals surface area contributed by atoms with Crippen molar-refractivity contribution in [3.8, 4) is 0 Å². The van der Waals surface area contributed by atoms with E-state index in [4.69, 9.17) is 5.73 Å². The van der Waals surface area contributed by atoms with Crippen molar-refractivity contribution in [1.82, 2.24) is 4.98 Å². The molecular formula is C11H8N2OS3. The number of rotatable bonds is 3. The summed E-state index contributed by atoms with van der Waals surface area (Å²) in [6, 6.07) is 6.04. The molecule has 3 nitrogen and oxygen atoms in total. The molecule has 0 aliphatic carbocycles. The molecule has 6 heteroatoms. The van der Waals surface area contributed by atoms with E-state index >= 15 is 0 Å². The van der Waals surface area contributed by atoms with Crippen LogP contribution in [0.3, 0.4) is 0 Å². The minimum Gasteiger partial charge on any atom is -0.364 e. The van der Waals surface area contributed by atoms with E-state index in [2.05, 4.69) is 4.98 Å². The minimum absolute atomic E-state index is 0.410. The first-order valence-corrected chi connectivity index (χ1v) is 7.43. The number of hydrogen-bond acceptors (Lipinski definition) is 4. The molecule has 86 valence electrons. The Balaban J connectivity index is 2.14. The van der Waals surface area contributed by atoms with Crippen LogP contribution >= 0.6 is 34.4 Å².